The molecule has 0 amide bonds. The Morgan fingerprint density at radius 2 is 1.24 bits per heavy atom. The molecular weight excluding hydrogens is 291 g/mol. The average Bonchev–Trinajstić information content (AvgIpc) is 2.29. The number of aryl methyl sites for hydroxylation is 2. The van der Waals surface area contributed by atoms with E-state index in [1.165, 1.54) is 11.1 Å². The van der Waals surface area contributed by atoms with Crippen molar-refractivity contribution in [1.29, 1.82) is 0 Å². The van der Waals surface area contributed by atoms with Gasteiger partial charge in [-0.25, -0.2) is 0 Å². The number of hydrogen-bond donors (Lipinski definition) is 0. The van der Waals surface area contributed by atoms with Crippen LogP contribution in [0.25, 0.3) is 0 Å². The maximum atomic E-state index is 5.68. The van der Waals surface area contributed by atoms with Crippen LogP contribution in [0.3, 0.4) is 0 Å². The van der Waals surface area contributed by atoms with Crippen LogP contribution in [0.2, 0.25) is 0 Å². The second-order valence-corrected chi connectivity index (χ2v) is 5.33. The maximum absolute atomic E-state index is 5.68. The van der Waals surface area contributed by atoms with Crippen molar-refractivity contribution in [2.24, 2.45) is 0 Å². The van der Waals surface area contributed by atoms with Crippen molar-refractivity contribution in [2.75, 3.05) is 0 Å². The Kier molecular flexibility index (Phi) is 4.38. The van der Waals surface area contributed by atoms with Crippen LogP contribution < -0.4 is 5.63 Å². The molecule has 2 aromatic rings. The van der Waals surface area contributed by atoms with Gasteiger partial charge in [-0.1, -0.05) is 0 Å². The molecule has 0 N–H and O–H groups in total. The molecule has 0 unspecified atom stereocenters. The number of benzene rings is 2. The summed E-state index contributed by atoms with van der Waals surface area (Å²) in [5, 5.41) is 0. The third-order valence-electron chi connectivity index (χ3n) is 2.30. The van der Waals surface area contributed by atoms with Crippen LogP contribution in [-0.2, 0) is 24.1 Å². The van der Waals surface area contributed by atoms with Crippen LogP contribution >= 0.6 is 0 Å². The molecule has 86 valence electrons. The molecule has 3 heteroatoms. The van der Waals surface area contributed by atoms with Crippen molar-refractivity contribution in [3.63, 3.8) is 0 Å². The average molecular weight is 305 g/mol. The number of hydrogen-bond acceptors (Lipinski definition) is 2. The molecule has 0 fully saturated rings. The Bertz CT molecular complexity index is 452. The first-order valence-corrected chi connectivity index (χ1v) is 7.47. The van der Waals surface area contributed by atoms with Crippen LogP contribution in [0, 0.1) is 13.8 Å². The van der Waals surface area contributed by atoms with Crippen molar-refractivity contribution < 1.29 is 29.7 Å². The van der Waals surface area contributed by atoms with Crippen LogP contribution in [0.4, 0.5) is 0 Å². The molecule has 2 rings (SSSR count). The van der Waals surface area contributed by atoms with Gasteiger partial charge in [0.05, 0.1) is 0 Å². The van der Waals surface area contributed by atoms with Crippen molar-refractivity contribution >= 4 is 0 Å². The van der Waals surface area contributed by atoms with Crippen LogP contribution in [0.5, 0.6) is 11.5 Å². The van der Waals surface area contributed by atoms with E-state index >= 15 is 0 Å². The summed E-state index contributed by atoms with van der Waals surface area (Å²) in [6.45, 7) is 4.11. The zero-order chi connectivity index (χ0) is 12.1. The minimum absolute atomic E-state index is 0.907. The van der Waals surface area contributed by atoms with E-state index in [0.717, 1.165) is 11.5 Å². The summed E-state index contributed by atoms with van der Waals surface area (Å²) >= 11 is -1.30. The fraction of sp³-hybridized carbons (Fsp3) is 0.143. The molecule has 0 saturated carbocycles. The van der Waals surface area contributed by atoms with Gasteiger partial charge in [-0.05, 0) is 0 Å². The molecule has 2 nitrogen and oxygen atoms in total. The van der Waals surface area contributed by atoms with Gasteiger partial charge in [-0.15, -0.1) is 0 Å². The molecule has 0 bridgehead atoms. The summed E-state index contributed by atoms with van der Waals surface area (Å²) in [4.78, 5) is 0. The van der Waals surface area contributed by atoms with E-state index in [-0.39, 0.29) is 0 Å². The van der Waals surface area contributed by atoms with Gasteiger partial charge in [-0.2, -0.15) is 0 Å². The second-order valence-electron chi connectivity index (χ2n) is 3.92. The standard InChI is InChI=1S/2C7H8O.Zr/c2*1-6-3-2-4-7(8)5-6;/h2*2-5,8H,1H3;/q;;+2/p-2. The zero-order valence-electron chi connectivity index (χ0n) is 9.94. The Hall–Kier alpha value is -1.08. The summed E-state index contributed by atoms with van der Waals surface area (Å²) in [6.07, 6.45) is 0. The molecule has 2 aromatic carbocycles. The monoisotopic (exact) mass is 304 g/mol. The van der Waals surface area contributed by atoms with Crippen molar-refractivity contribution in [3.05, 3.63) is 59.7 Å². The van der Waals surface area contributed by atoms with Crippen LogP contribution in [-0.4, -0.2) is 0 Å². The molecule has 0 aliphatic rings. The van der Waals surface area contributed by atoms with Crippen LogP contribution in [0.15, 0.2) is 48.5 Å². The molecular formula is C14H14O2Zr. The van der Waals surface area contributed by atoms with Gasteiger partial charge >= 0.3 is 115 Å². The van der Waals surface area contributed by atoms with E-state index in [0.29, 0.717) is 0 Å². The predicted octanol–water partition coefficient (Wildman–Crippen LogP) is 3.67. The molecule has 0 aliphatic heterocycles. The van der Waals surface area contributed by atoms with E-state index in [1.807, 2.05) is 36.4 Å². The van der Waals surface area contributed by atoms with E-state index in [1.54, 1.807) is 0 Å². The Morgan fingerprint density at radius 3 is 1.65 bits per heavy atom. The van der Waals surface area contributed by atoms with Gasteiger partial charge in [-0.3, -0.25) is 0 Å². The quantitative estimate of drug-likeness (QED) is 0.858. The van der Waals surface area contributed by atoms with Gasteiger partial charge in [0, 0.05) is 0 Å². The van der Waals surface area contributed by atoms with E-state index in [2.05, 4.69) is 26.0 Å². The van der Waals surface area contributed by atoms with E-state index < -0.39 is 24.1 Å². The zero-order valence-corrected chi connectivity index (χ0v) is 12.4. The molecule has 0 spiro atoms. The molecule has 0 atom stereocenters. The van der Waals surface area contributed by atoms with E-state index in [4.69, 9.17) is 5.63 Å². The Balaban J connectivity index is 1.87. The predicted molar refractivity (Wildman–Crippen MR) is 63.6 cm³/mol. The number of rotatable bonds is 4. The first-order valence-electron chi connectivity index (χ1n) is 5.46. The van der Waals surface area contributed by atoms with Crippen molar-refractivity contribution in [3.8, 4) is 11.5 Å². The minimum atomic E-state index is -1.30. The first-order chi connectivity index (χ1) is 8.24. The SMILES string of the molecule is Cc1cccc([O][Zr][O]c2cccc(C)c2)c1. The van der Waals surface area contributed by atoms with Crippen LogP contribution in [0.1, 0.15) is 11.1 Å². The van der Waals surface area contributed by atoms with Crippen molar-refractivity contribution in [1.82, 2.24) is 0 Å². The first kappa shape index (κ1) is 12.4. The summed E-state index contributed by atoms with van der Waals surface area (Å²) in [5.74, 6) is 1.81. The van der Waals surface area contributed by atoms with Gasteiger partial charge in [0.2, 0.25) is 0 Å². The van der Waals surface area contributed by atoms with Crippen molar-refractivity contribution in [2.45, 2.75) is 13.8 Å². The second kappa shape index (κ2) is 6.02. The molecule has 0 aliphatic carbocycles. The normalized spacial score (nSPS) is 9.76. The molecule has 17 heavy (non-hydrogen) atoms. The summed E-state index contributed by atoms with van der Waals surface area (Å²) < 4.78 is 11.4. The Morgan fingerprint density at radius 1 is 0.765 bits per heavy atom. The Labute approximate surface area is 114 Å². The van der Waals surface area contributed by atoms with Gasteiger partial charge < -0.3 is 0 Å². The summed E-state index contributed by atoms with van der Waals surface area (Å²) in [5.41, 5.74) is 2.41. The van der Waals surface area contributed by atoms with Gasteiger partial charge in [0.15, 0.2) is 0 Å². The fourth-order valence-electron chi connectivity index (χ4n) is 1.47. The fourth-order valence-corrected chi connectivity index (χ4v) is 2.67. The molecule has 0 aromatic heterocycles. The third kappa shape index (κ3) is 4.01. The third-order valence-corrected chi connectivity index (χ3v) is 3.87. The molecule has 0 saturated heterocycles. The summed E-state index contributed by atoms with van der Waals surface area (Å²) in [6, 6.07) is 16.1. The topological polar surface area (TPSA) is 18.5 Å². The summed E-state index contributed by atoms with van der Waals surface area (Å²) in [7, 11) is 0. The van der Waals surface area contributed by atoms with E-state index in [9.17, 15) is 0 Å². The molecule has 0 heterocycles. The van der Waals surface area contributed by atoms with Gasteiger partial charge in [0.25, 0.3) is 0 Å². The van der Waals surface area contributed by atoms with Gasteiger partial charge in [0.1, 0.15) is 0 Å². The molecule has 0 radical (unpaired) electrons.